The number of ether oxygens (including phenoxy) is 1. The third kappa shape index (κ3) is 3.97. The zero-order chi connectivity index (χ0) is 12.5. The van der Waals surface area contributed by atoms with Crippen LogP contribution in [0.25, 0.3) is 0 Å². The Hall–Kier alpha value is -0.590. The SMILES string of the molecule is O=C(Cc1ccc(S(=O)(=O)Cl)s1)OCC1CC1. The molecule has 1 fully saturated rings. The zero-order valence-corrected chi connectivity index (χ0v) is 11.3. The van der Waals surface area contributed by atoms with E-state index in [1.807, 2.05) is 0 Å². The fourth-order valence-electron chi connectivity index (χ4n) is 1.27. The first-order valence-electron chi connectivity index (χ1n) is 5.14. The second-order valence-corrected chi connectivity index (χ2v) is 7.92. The summed E-state index contributed by atoms with van der Waals surface area (Å²) in [4.78, 5) is 12.0. The zero-order valence-electron chi connectivity index (χ0n) is 8.89. The summed E-state index contributed by atoms with van der Waals surface area (Å²) in [7, 11) is 1.49. The third-order valence-corrected chi connectivity index (χ3v) is 5.55. The van der Waals surface area contributed by atoms with Crippen molar-refractivity contribution < 1.29 is 17.9 Å². The number of esters is 1. The Morgan fingerprint density at radius 2 is 2.18 bits per heavy atom. The van der Waals surface area contributed by atoms with E-state index in [-0.39, 0.29) is 16.6 Å². The fraction of sp³-hybridized carbons (Fsp3) is 0.500. The van der Waals surface area contributed by atoms with Crippen molar-refractivity contribution in [1.29, 1.82) is 0 Å². The van der Waals surface area contributed by atoms with Crippen LogP contribution in [0.15, 0.2) is 16.3 Å². The van der Waals surface area contributed by atoms with Gasteiger partial charge in [-0.15, -0.1) is 11.3 Å². The van der Waals surface area contributed by atoms with E-state index < -0.39 is 9.05 Å². The first-order valence-corrected chi connectivity index (χ1v) is 8.27. The molecular formula is C10H11ClO4S2. The van der Waals surface area contributed by atoms with E-state index in [1.54, 1.807) is 6.07 Å². The van der Waals surface area contributed by atoms with Crippen LogP contribution in [-0.2, 0) is 25.0 Å². The van der Waals surface area contributed by atoms with Gasteiger partial charge in [0.2, 0.25) is 0 Å². The van der Waals surface area contributed by atoms with Crippen molar-refractivity contribution in [1.82, 2.24) is 0 Å². The number of carbonyl (C=O) groups is 1. The second kappa shape index (κ2) is 4.96. The summed E-state index contributed by atoms with van der Waals surface area (Å²) in [5, 5.41) is 0. The van der Waals surface area contributed by atoms with Crippen LogP contribution < -0.4 is 0 Å². The van der Waals surface area contributed by atoms with Crippen LogP contribution in [0.4, 0.5) is 0 Å². The van der Waals surface area contributed by atoms with Crippen molar-refractivity contribution in [2.45, 2.75) is 23.5 Å². The Kier molecular flexibility index (Phi) is 3.75. The van der Waals surface area contributed by atoms with E-state index in [1.165, 1.54) is 6.07 Å². The molecule has 0 atom stereocenters. The number of hydrogen-bond acceptors (Lipinski definition) is 5. The van der Waals surface area contributed by atoms with Crippen molar-refractivity contribution >= 4 is 37.0 Å². The van der Waals surface area contributed by atoms with Gasteiger partial charge in [-0.25, -0.2) is 8.42 Å². The van der Waals surface area contributed by atoms with Crippen molar-refractivity contribution in [3.05, 3.63) is 17.0 Å². The number of rotatable bonds is 5. The number of thiophene rings is 1. The standard InChI is InChI=1S/C10H11ClO4S2/c11-17(13,14)10-4-3-8(16-10)5-9(12)15-6-7-1-2-7/h3-4,7H,1-2,5-6H2. The molecule has 1 heterocycles. The predicted octanol–water partition coefficient (Wildman–Crippen LogP) is 2.17. The molecule has 1 aliphatic rings. The number of hydrogen-bond donors (Lipinski definition) is 0. The molecule has 0 N–H and O–H groups in total. The molecule has 0 spiro atoms. The molecule has 2 rings (SSSR count). The Morgan fingerprint density at radius 3 is 2.71 bits per heavy atom. The Balaban J connectivity index is 1.89. The average molecular weight is 295 g/mol. The third-order valence-electron chi connectivity index (χ3n) is 2.37. The van der Waals surface area contributed by atoms with Crippen LogP contribution in [0.2, 0.25) is 0 Å². The van der Waals surface area contributed by atoms with Gasteiger partial charge in [-0.3, -0.25) is 4.79 Å². The summed E-state index contributed by atoms with van der Waals surface area (Å²) in [6, 6.07) is 2.98. The lowest BCUT2D eigenvalue weighted by Gasteiger charge is -2.01. The van der Waals surface area contributed by atoms with Crippen LogP contribution >= 0.6 is 22.0 Å². The Labute approximate surface area is 108 Å². The summed E-state index contributed by atoms with van der Waals surface area (Å²) in [6.07, 6.45) is 2.35. The van der Waals surface area contributed by atoms with Crippen LogP contribution in [0.5, 0.6) is 0 Å². The predicted molar refractivity (Wildman–Crippen MR) is 64.7 cm³/mol. The molecule has 94 valence electrons. The molecule has 7 heteroatoms. The van der Waals surface area contributed by atoms with Gasteiger partial charge in [0.15, 0.2) is 0 Å². The van der Waals surface area contributed by atoms with Gasteiger partial charge in [0.25, 0.3) is 9.05 Å². The lowest BCUT2D eigenvalue weighted by Crippen LogP contribution is -2.09. The maximum Gasteiger partial charge on any atom is 0.311 e. The van der Waals surface area contributed by atoms with Gasteiger partial charge in [0.1, 0.15) is 4.21 Å². The summed E-state index contributed by atoms with van der Waals surface area (Å²) in [5.74, 6) is 0.207. The van der Waals surface area contributed by atoms with E-state index in [0.29, 0.717) is 17.4 Å². The lowest BCUT2D eigenvalue weighted by atomic mass is 10.3. The molecule has 4 nitrogen and oxygen atoms in total. The van der Waals surface area contributed by atoms with E-state index in [2.05, 4.69) is 0 Å². The van der Waals surface area contributed by atoms with E-state index in [4.69, 9.17) is 15.4 Å². The highest BCUT2D eigenvalue weighted by atomic mass is 35.7. The van der Waals surface area contributed by atoms with Crippen LogP contribution in [-0.4, -0.2) is 21.0 Å². The molecule has 0 aliphatic heterocycles. The molecule has 0 radical (unpaired) electrons. The first kappa shape index (κ1) is 12.9. The van der Waals surface area contributed by atoms with Crippen LogP contribution in [0, 0.1) is 5.92 Å². The van der Waals surface area contributed by atoms with E-state index in [9.17, 15) is 13.2 Å². The van der Waals surface area contributed by atoms with Crippen LogP contribution in [0.3, 0.4) is 0 Å². The van der Waals surface area contributed by atoms with E-state index in [0.717, 1.165) is 24.2 Å². The number of halogens is 1. The fourth-order valence-corrected chi connectivity index (χ4v) is 3.38. The molecule has 0 saturated heterocycles. The summed E-state index contributed by atoms with van der Waals surface area (Å²) < 4.78 is 27.1. The van der Waals surface area contributed by atoms with Crippen molar-refractivity contribution in [3.63, 3.8) is 0 Å². The van der Waals surface area contributed by atoms with Gasteiger partial charge in [0, 0.05) is 15.6 Å². The minimum absolute atomic E-state index is 0.0594. The molecular weight excluding hydrogens is 284 g/mol. The molecule has 0 bridgehead atoms. The summed E-state index contributed by atoms with van der Waals surface area (Å²) in [5.41, 5.74) is 0. The monoisotopic (exact) mass is 294 g/mol. The first-order chi connectivity index (χ1) is 7.95. The topological polar surface area (TPSA) is 60.4 Å². The van der Waals surface area contributed by atoms with Gasteiger partial charge in [-0.1, -0.05) is 0 Å². The molecule has 1 aliphatic carbocycles. The largest absolute Gasteiger partial charge is 0.465 e. The van der Waals surface area contributed by atoms with Crippen LogP contribution in [0.1, 0.15) is 17.7 Å². The quantitative estimate of drug-likeness (QED) is 0.617. The molecule has 1 saturated carbocycles. The van der Waals surface area contributed by atoms with Gasteiger partial charge in [0.05, 0.1) is 13.0 Å². The highest BCUT2D eigenvalue weighted by Crippen LogP contribution is 2.29. The highest BCUT2D eigenvalue weighted by Gasteiger charge is 2.23. The molecule has 17 heavy (non-hydrogen) atoms. The maximum absolute atomic E-state index is 11.4. The highest BCUT2D eigenvalue weighted by molar-refractivity contribution is 8.15. The molecule has 0 aromatic carbocycles. The normalized spacial score (nSPS) is 15.8. The molecule has 1 aromatic heterocycles. The Morgan fingerprint density at radius 1 is 1.47 bits per heavy atom. The number of carbonyl (C=O) groups excluding carboxylic acids is 1. The smallest absolute Gasteiger partial charge is 0.311 e. The van der Waals surface area contributed by atoms with Crippen molar-refractivity contribution in [2.75, 3.05) is 6.61 Å². The average Bonchev–Trinajstić information content (AvgIpc) is 2.93. The summed E-state index contributed by atoms with van der Waals surface area (Å²) >= 11 is 0.997. The minimum Gasteiger partial charge on any atom is -0.465 e. The van der Waals surface area contributed by atoms with Gasteiger partial charge in [-0.05, 0) is 30.9 Å². The lowest BCUT2D eigenvalue weighted by molar-refractivity contribution is -0.143. The second-order valence-electron chi connectivity index (χ2n) is 3.96. The van der Waals surface area contributed by atoms with Gasteiger partial charge in [-0.2, -0.15) is 0 Å². The van der Waals surface area contributed by atoms with Crippen molar-refractivity contribution in [2.24, 2.45) is 5.92 Å². The summed E-state index contributed by atoms with van der Waals surface area (Å²) in [6.45, 7) is 0.477. The minimum atomic E-state index is -3.69. The molecule has 1 aromatic rings. The molecule has 0 amide bonds. The van der Waals surface area contributed by atoms with Gasteiger partial charge < -0.3 is 4.74 Å². The molecule has 0 unspecified atom stereocenters. The maximum atomic E-state index is 11.4. The van der Waals surface area contributed by atoms with Gasteiger partial charge >= 0.3 is 5.97 Å². The van der Waals surface area contributed by atoms with E-state index >= 15 is 0 Å². The van der Waals surface area contributed by atoms with Crippen molar-refractivity contribution in [3.8, 4) is 0 Å². The Bertz CT molecular complexity index is 516.